The van der Waals surface area contributed by atoms with Crippen molar-refractivity contribution in [2.45, 2.75) is 45.6 Å². The van der Waals surface area contributed by atoms with Crippen LogP contribution in [0.5, 0.6) is 5.75 Å². The number of benzene rings is 2. The third-order valence-electron chi connectivity index (χ3n) is 5.26. The first-order chi connectivity index (χ1) is 15.2. The van der Waals surface area contributed by atoms with Crippen molar-refractivity contribution in [3.05, 3.63) is 57.1 Å². The lowest BCUT2D eigenvalue weighted by atomic mass is 9.99. The van der Waals surface area contributed by atoms with Crippen LogP contribution in [-0.2, 0) is 4.79 Å². The number of aliphatic carboxylic acids is 1. The average Bonchev–Trinajstić information content (AvgIpc) is 2.71. The van der Waals surface area contributed by atoms with E-state index in [-0.39, 0.29) is 0 Å². The maximum Gasteiger partial charge on any atom is 0.306 e. The topological polar surface area (TPSA) is 105 Å². The molecule has 2 aromatic rings. The first-order valence-electron chi connectivity index (χ1n) is 10.7. The smallest absolute Gasteiger partial charge is 0.306 e. The lowest BCUT2D eigenvalue weighted by Crippen LogP contribution is -2.23. The Morgan fingerprint density at radius 1 is 1.06 bits per heavy atom. The van der Waals surface area contributed by atoms with E-state index < -0.39 is 18.0 Å². The number of hydrogen-bond acceptors (Lipinski definition) is 5. The number of carbonyl (C=O) groups is 1. The largest absolute Gasteiger partial charge is 0.494 e. The standard InChI is InChI=1S/C24H32Cl2N2O4/c1-15-9-16(2)11-19(10-15)32-8-6-17(24(30)31)5-3-4-7-28-14-22(29)18-12-20(25)23(27)21(26)13-18/h9-13,17,22,28-29H,3-8,14,27H2,1-2H3,(H,30,31). The Morgan fingerprint density at radius 3 is 2.28 bits per heavy atom. The van der Waals surface area contributed by atoms with Gasteiger partial charge in [-0.3, -0.25) is 4.79 Å². The molecule has 0 amide bonds. The monoisotopic (exact) mass is 482 g/mol. The summed E-state index contributed by atoms with van der Waals surface area (Å²) in [6, 6.07) is 9.18. The third-order valence-corrected chi connectivity index (χ3v) is 5.88. The average molecular weight is 483 g/mol. The second-order valence-electron chi connectivity index (χ2n) is 8.11. The normalized spacial score (nSPS) is 13.0. The van der Waals surface area contributed by atoms with Crippen LogP contribution in [0.1, 0.15) is 48.5 Å². The van der Waals surface area contributed by atoms with Gasteiger partial charge in [-0.25, -0.2) is 0 Å². The molecule has 0 saturated heterocycles. The fourth-order valence-corrected chi connectivity index (χ4v) is 4.02. The van der Waals surface area contributed by atoms with Crippen molar-refractivity contribution in [1.29, 1.82) is 0 Å². The molecule has 0 fully saturated rings. The van der Waals surface area contributed by atoms with Gasteiger partial charge >= 0.3 is 5.97 Å². The van der Waals surface area contributed by atoms with Crippen LogP contribution in [0.3, 0.4) is 0 Å². The van der Waals surface area contributed by atoms with Crippen LogP contribution in [0.2, 0.25) is 10.0 Å². The number of halogens is 2. The summed E-state index contributed by atoms with van der Waals surface area (Å²) in [4.78, 5) is 11.6. The molecule has 0 bridgehead atoms. The molecular weight excluding hydrogens is 451 g/mol. The van der Waals surface area contributed by atoms with Gasteiger partial charge < -0.3 is 26.0 Å². The Balaban J connectivity index is 1.66. The second kappa shape index (κ2) is 12.9. The first kappa shape index (κ1) is 26.3. The summed E-state index contributed by atoms with van der Waals surface area (Å²) in [5, 5.41) is 23.6. The Kier molecular flexibility index (Phi) is 10.6. The number of anilines is 1. The molecule has 0 radical (unpaired) electrons. The van der Waals surface area contributed by atoms with E-state index in [1.165, 1.54) is 0 Å². The van der Waals surface area contributed by atoms with E-state index in [1.807, 2.05) is 26.0 Å². The number of nitrogen functional groups attached to an aromatic ring is 1. The van der Waals surface area contributed by atoms with Crippen LogP contribution < -0.4 is 15.8 Å². The number of aliphatic hydroxyl groups is 1. The fraction of sp³-hybridized carbons (Fsp3) is 0.458. The molecule has 0 aliphatic rings. The summed E-state index contributed by atoms with van der Waals surface area (Å²) in [5.41, 5.74) is 8.84. The second-order valence-corrected chi connectivity index (χ2v) is 8.92. The quantitative estimate of drug-likeness (QED) is 0.232. The number of nitrogens with one attached hydrogen (secondary N) is 1. The number of carboxylic acid groups (broad SMARTS) is 1. The molecule has 176 valence electrons. The molecule has 2 aromatic carbocycles. The molecule has 0 saturated carbocycles. The number of nitrogens with two attached hydrogens (primary N) is 1. The number of unbranched alkanes of at least 4 members (excludes halogenated alkanes) is 1. The van der Waals surface area contributed by atoms with Crippen molar-refractivity contribution in [2.24, 2.45) is 5.92 Å². The summed E-state index contributed by atoms with van der Waals surface area (Å²) in [6.45, 7) is 5.39. The Hall–Kier alpha value is -1.99. The van der Waals surface area contributed by atoms with Gasteiger partial charge in [0.15, 0.2) is 0 Å². The van der Waals surface area contributed by atoms with Crippen molar-refractivity contribution in [3.8, 4) is 5.75 Å². The summed E-state index contributed by atoms with van der Waals surface area (Å²) in [6.07, 6.45) is 1.85. The van der Waals surface area contributed by atoms with Gasteiger partial charge in [-0.15, -0.1) is 0 Å². The van der Waals surface area contributed by atoms with Gasteiger partial charge in [0.2, 0.25) is 0 Å². The number of ether oxygens (including phenoxy) is 1. The number of rotatable bonds is 13. The molecule has 0 heterocycles. The van der Waals surface area contributed by atoms with E-state index in [9.17, 15) is 15.0 Å². The van der Waals surface area contributed by atoms with Gasteiger partial charge in [0, 0.05) is 6.54 Å². The summed E-state index contributed by atoms with van der Waals surface area (Å²) < 4.78 is 5.76. The number of carboxylic acids is 1. The van der Waals surface area contributed by atoms with Crippen LogP contribution in [-0.4, -0.2) is 35.9 Å². The van der Waals surface area contributed by atoms with Crippen molar-refractivity contribution in [3.63, 3.8) is 0 Å². The van der Waals surface area contributed by atoms with Crippen molar-refractivity contribution < 1.29 is 19.7 Å². The molecule has 2 atom stereocenters. The predicted octanol–water partition coefficient (Wildman–Crippen LogP) is 5.16. The van der Waals surface area contributed by atoms with Gasteiger partial charge in [-0.05, 0) is 80.6 Å². The molecule has 2 rings (SSSR count). The van der Waals surface area contributed by atoms with Crippen LogP contribution in [0, 0.1) is 19.8 Å². The molecule has 0 spiro atoms. The van der Waals surface area contributed by atoms with E-state index in [0.717, 1.165) is 29.7 Å². The first-order valence-corrected chi connectivity index (χ1v) is 11.5. The van der Waals surface area contributed by atoms with Crippen LogP contribution in [0.4, 0.5) is 5.69 Å². The molecule has 32 heavy (non-hydrogen) atoms. The molecular formula is C24H32Cl2N2O4. The zero-order chi connectivity index (χ0) is 23.7. The molecule has 0 aliphatic carbocycles. The SMILES string of the molecule is Cc1cc(C)cc(OCCC(CCCCNCC(O)c2cc(Cl)c(N)c(Cl)c2)C(=O)O)c1. The number of aliphatic hydroxyl groups excluding tert-OH is 1. The minimum absolute atomic E-state index is 0.296. The maximum atomic E-state index is 11.6. The van der Waals surface area contributed by atoms with Crippen LogP contribution in [0.15, 0.2) is 30.3 Å². The fourth-order valence-electron chi connectivity index (χ4n) is 3.52. The Labute approximate surface area is 199 Å². The lowest BCUT2D eigenvalue weighted by molar-refractivity contribution is -0.142. The minimum atomic E-state index is -0.797. The minimum Gasteiger partial charge on any atom is -0.494 e. The Bertz CT molecular complexity index is 864. The highest BCUT2D eigenvalue weighted by molar-refractivity contribution is 6.38. The summed E-state index contributed by atoms with van der Waals surface area (Å²) >= 11 is 12.0. The molecule has 0 aliphatic heterocycles. The summed E-state index contributed by atoms with van der Waals surface area (Å²) in [5.74, 6) is -0.460. The van der Waals surface area contributed by atoms with E-state index in [4.69, 9.17) is 33.7 Å². The molecule has 5 N–H and O–H groups in total. The molecule has 2 unspecified atom stereocenters. The van der Waals surface area contributed by atoms with E-state index in [2.05, 4.69) is 11.4 Å². The third kappa shape index (κ3) is 8.51. The van der Waals surface area contributed by atoms with E-state index >= 15 is 0 Å². The zero-order valence-electron chi connectivity index (χ0n) is 18.5. The molecule has 6 nitrogen and oxygen atoms in total. The van der Waals surface area contributed by atoms with E-state index in [1.54, 1.807) is 12.1 Å². The van der Waals surface area contributed by atoms with Crippen molar-refractivity contribution in [2.75, 3.05) is 25.4 Å². The number of aryl methyl sites for hydroxylation is 2. The van der Waals surface area contributed by atoms with Gasteiger partial charge in [0.25, 0.3) is 0 Å². The molecule has 8 heteroatoms. The van der Waals surface area contributed by atoms with Crippen molar-refractivity contribution >= 4 is 34.9 Å². The summed E-state index contributed by atoms with van der Waals surface area (Å²) in [7, 11) is 0. The van der Waals surface area contributed by atoms with Gasteiger partial charge in [0.05, 0.1) is 34.4 Å². The van der Waals surface area contributed by atoms with Gasteiger partial charge in [-0.2, -0.15) is 0 Å². The zero-order valence-corrected chi connectivity index (χ0v) is 20.0. The van der Waals surface area contributed by atoms with Crippen LogP contribution in [0.25, 0.3) is 0 Å². The van der Waals surface area contributed by atoms with E-state index in [0.29, 0.717) is 53.8 Å². The number of hydrogen-bond donors (Lipinski definition) is 4. The highest BCUT2D eigenvalue weighted by Crippen LogP contribution is 2.31. The maximum absolute atomic E-state index is 11.6. The molecule has 0 aromatic heterocycles. The Morgan fingerprint density at radius 2 is 1.69 bits per heavy atom. The van der Waals surface area contributed by atoms with Crippen molar-refractivity contribution in [1.82, 2.24) is 5.32 Å². The van der Waals surface area contributed by atoms with Gasteiger partial charge in [-0.1, -0.05) is 35.7 Å². The predicted molar refractivity (Wildman–Crippen MR) is 130 cm³/mol. The van der Waals surface area contributed by atoms with Gasteiger partial charge in [0.1, 0.15) is 5.75 Å². The highest BCUT2D eigenvalue weighted by atomic mass is 35.5. The van der Waals surface area contributed by atoms with Crippen LogP contribution >= 0.6 is 23.2 Å². The highest BCUT2D eigenvalue weighted by Gasteiger charge is 2.17. The lowest BCUT2D eigenvalue weighted by Gasteiger charge is -2.15.